The molecule has 1 aromatic heterocycles. The van der Waals surface area contributed by atoms with Crippen LogP contribution in [0.15, 0.2) is 23.2 Å². The van der Waals surface area contributed by atoms with Crippen LogP contribution in [0.1, 0.15) is 11.4 Å². The highest BCUT2D eigenvalue weighted by Crippen LogP contribution is 2.18. The number of H-pyrrole nitrogens is 1. The SMILES string of the molecule is CN(C)Cc1nc2ccc(CSCCN(C)C(N)=NC#N)cc2[nH]1. The normalized spacial score (nSPS) is 11.9. The van der Waals surface area contributed by atoms with E-state index in [1.165, 1.54) is 5.56 Å². The zero-order valence-electron chi connectivity index (χ0n) is 14.3. The van der Waals surface area contributed by atoms with Gasteiger partial charge in [0.1, 0.15) is 5.82 Å². The Morgan fingerprint density at radius 3 is 2.92 bits per heavy atom. The fourth-order valence-electron chi connectivity index (χ4n) is 2.22. The fourth-order valence-corrected chi connectivity index (χ4v) is 3.18. The van der Waals surface area contributed by atoms with Gasteiger partial charge in [-0.25, -0.2) is 4.98 Å². The van der Waals surface area contributed by atoms with Gasteiger partial charge >= 0.3 is 0 Å². The summed E-state index contributed by atoms with van der Waals surface area (Å²) in [7, 11) is 5.89. The highest BCUT2D eigenvalue weighted by molar-refractivity contribution is 7.98. The molecule has 0 atom stereocenters. The molecule has 0 aliphatic heterocycles. The van der Waals surface area contributed by atoms with Crippen molar-refractivity contribution in [2.75, 3.05) is 33.4 Å². The molecule has 0 saturated carbocycles. The van der Waals surface area contributed by atoms with Crippen LogP contribution in [0.2, 0.25) is 0 Å². The van der Waals surface area contributed by atoms with E-state index in [1.807, 2.05) is 32.9 Å². The minimum Gasteiger partial charge on any atom is -0.369 e. The van der Waals surface area contributed by atoms with Gasteiger partial charge in [-0.1, -0.05) is 6.07 Å². The maximum absolute atomic E-state index is 8.48. The summed E-state index contributed by atoms with van der Waals surface area (Å²) in [5, 5.41) is 8.48. The largest absolute Gasteiger partial charge is 0.369 e. The molecule has 1 heterocycles. The van der Waals surface area contributed by atoms with E-state index in [0.29, 0.717) is 0 Å². The van der Waals surface area contributed by atoms with Crippen LogP contribution in [0.25, 0.3) is 11.0 Å². The number of thioether (sulfide) groups is 1. The number of rotatable bonds is 7. The van der Waals surface area contributed by atoms with Crippen LogP contribution in [-0.4, -0.2) is 59.2 Å². The quantitative estimate of drug-likeness (QED) is 0.342. The number of nitrogens with one attached hydrogen (secondary N) is 1. The smallest absolute Gasteiger partial charge is 0.209 e. The standard InChI is InChI=1S/C16H23N7S/c1-22(2)9-15-20-13-5-4-12(8-14(13)21-15)10-24-7-6-23(3)16(18)19-11-17/h4-5,8H,6-7,9-10H2,1-3H3,(H2,18,19)(H,20,21). The Labute approximate surface area is 146 Å². The second-order valence-electron chi connectivity index (χ2n) is 5.82. The number of hydrogen-bond donors (Lipinski definition) is 2. The number of aromatic nitrogens is 2. The maximum Gasteiger partial charge on any atom is 0.209 e. The third kappa shape index (κ3) is 5.15. The average Bonchev–Trinajstić information content (AvgIpc) is 2.92. The first-order valence-electron chi connectivity index (χ1n) is 7.63. The van der Waals surface area contributed by atoms with Crippen molar-refractivity contribution in [3.05, 3.63) is 29.6 Å². The molecule has 0 unspecified atom stereocenters. The Kier molecular flexibility index (Phi) is 6.46. The topological polar surface area (TPSA) is 97.3 Å². The van der Waals surface area contributed by atoms with Gasteiger partial charge < -0.3 is 20.5 Å². The van der Waals surface area contributed by atoms with E-state index in [9.17, 15) is 0 Å². The Morgan fingerprint density at radius 2 is 2.21 bits per heavy atom. The Hall–Kier alpha value is -2.24. The number of imidazole rings is 1. The summed E-state index contributed by atoms with van der Waals surface area (Å²) >= 11 is 1.82. The summed E-state index contributed by atoms with van der Waals surface area (Å²) in [6, 6.07) is 6.33. The fraction of sp³-hybridized carbons (Fsp3) is 0.438. The van der Waals surface area contributed by atoms with Crippen molar-refractivity contribution in [1.82, 2.24) is 19.8 Å². The molecule has 0 spiro atoms. The Bertz CT molecular complexity index is 744. The van der Waals surface area contributed by atoms with Gasteiger partial charge in [0.25, 0.3) is 0 Å². The van der Waals surface area contributed by atoms with E-state index in [4.69, 9.17) is 11.0 Å². The lowest BCUT2D eigenvalue weighted by molar-refractivity contribution is 0.392. The molecule has 128 valence electrons. The molecule has 0 bridgehead atoms. The van der Waals surface area contributed by atoms with Gasteiger partial charge in [0.05, 0.1) is 17.6 Å². The second kappa shape index (κ2) is 8.57. The van der Waals surface area contributed by atoms with E-state index < -0.39 is 0 Å². The van der Waals surface area contributed by atoms with Gasteiger partial charge in [-0.2, -0.15) is 17.0 Å². The molecule has 0 amide bonds. The Morgan fingerprint density at radius 1 is 1.42 bits per heavy atom. The van der Waals surface area contributed by atoms with Gasteiger partial charge in [-0.15, -0.1) is 4.99 Å². The lowest BCUT2D eigenvalue weighted by atomic mass is 10.2. The number of nitrogens with zero attached hydrogens (tertiary/aromatic N) is 5. The molecule has 3 N–H and O–H groups in total. The Balaban J connectivity index is 1.87. The van der Waals surface area contributed by atoms with Crippen LogP contribution in [0.3, 0.4) is 0 Å². The molecule has 0 aliphatic carbocycles. The maximum atomic E-state index is 8.48. The number of fused-ring (bicyclic) bond motifs is 1. The highest BCUT2D eigenvalue weighted by Gasteiger charge is 2.06. The van der Waals surface area contributed by atoms with Crippen molar-refractivity contribution in [1.29, 1.82) is 5.26 Å². The van der Waals surface area contributed by atoms with Crippen LogP contribution in [0, 0.1) is 11.5 Å². The van der Waals surface area contributed by atoms with Gasteiger partial charge in [-0.05, 0) is 31.8 Å². The molecule has 0 radical (unpaired) electrons. The summed E-state index contributed by atoms with van der Waals surface area (Å²) in [6.45, 7) is 1.55. The second-order valence-corrected chi connectivity index (χ2v) is 6.92. The highest BCUT2D eigenvalue weighted by atomic mass is 32.2. The lowest BCUT2D eigenvalue weighted by Crippen LogP contribution is -2.35. The van der Waals surface area contributed by atoms with E-state index in [1.54, 1.807) is 11.1 Å². The summed E-state index contributed by atoms with van der Waals surface area (Å²) in [5.74, 6) is 3.06. The summed E-state index contributed by atoms with van der Waals surface area (Å²) in [6.07, 6.45) is 1.70. The third-order valence-corrected chi connectivity index (χ3v) is 4.47. The van der Waals surface area contributed by atoms with Gasteiger partial charge in [0, 0.05) is 25.1 Å². The van der Waals surface area contributed by atoms with Crippen molar-refractivity contribution in [3.63, 3.8) is 0 Å². The minimum absolute atomic E-state index is 0.255. The molecule has 0 aliphatic rings. The number of benzene rings is 1. The van der Waals surface area contributed by atoms with Crippen molar-refractivity contribution in [2.24, 2.45) is 10.7 Å². The lowest BCUT2D eigenvalue weighted by Gasteiger charge is -2.16. The minimum atomic E-state index is 0.255. The predicted octanol–water partition coefficient (Wildman–Crippen LogP) is 1.59. The molecular weight excluding hydrogens is 322 g/mol. The van der Waals surface area contributed by atoms with Gasteiger partial charge in [-0.3, -0.25) is 0 Å². The van der Waals surface area contributed by atoms with E-state index in [2.05, 4.69) is 38.1 Å². The number of nitriles is 1. The zero-order valence-corrected chi connectivity index (χ0v) is 15.1. The molecule has 2 rings (SSSR count). The first-order chi connectivity index (χ1) is 11.5. The molecule has 0 saturated heterocycles. The molecule has 8 heteroatoms. The van der Waals surface area contributed by atoms with Crippen LogP contribution in [0.5, 0.6) is 0 Å². The molecule has 24 heavy (non-hydrogen) atoms. The zero-order chi connectivity index (χ0) is 17.5. The number of aromatic amines is 1. The monoisotopic (exact) mass is 345 g/mol. The van der Waals surface area contributed by atoms with E-state index in [-0.39, 0.29) is 5.96 Å². The van der Waals surface area contributed by atoms with Crippen molar-refractivity contribution in [3.8, 4) is 6.19 Å². The third-order valence-electron chi connectivity index (χ3n) is 3.46. The van der Waals surface area contributed by atoms with E-state index >= 15 is 0 Å². The van der Waals surface area contributed by atoms with Gasteiger partial charge in [0.15, 0.2) is 0 Å². The van der Waals surface area contributed by atoms with Gasteiger partial charge in [0.2, 0.25) is 12.2 Å². The van der Waals surface area contributed by atoms with Crippen molar-refractivity contribution >= 4 is 28.8 Å². The molecule has 7 nitrogen and oxygen atoms in total. The van der Waals surface area contributed by atoms with Crippen molar-refractivity contribution in [2.45, 2.75) is 12.3 Å². The van der Waals surface area contributed by atoms with Crippen molar-refractivity contribution < 1.29 is 0 Å². The van der Waals surface area contributed by atoms with Crippen LogP contribution in [-0.2, 0) is 12.3 Å². The molecular formula is C16H23N7S. The van der Waals surface area contributed by atoms with Crippen LogP contribution >= 0.6 is 11.8 Å². The van der Waals surface area contributed by atoms with E-state index in [0.717, 1.165) is 41.5 Å². The average molecular weight is 345 g/mol. The first-order valence-corrected chi connectivity index (χ1v) is 8.78. The van der Waals surface area contributed by atoms with Crippen LogP contribution < -0.4 is 5.73 Å². The molecule has 0 fully saturated rings. The number of aliphatic imine (C=N–C) groups is 1. The summed E-state index contributed by atoms with van der Waals surface area (Å²) in [4.78, 5) is 15.3. The number of nitrogens with two attached hydrogens (primary N) is 1. The summed E-state index contributed by atoms with van der Waals surface area (Å²) in [5.41, 5.74) is 8.98. The van der Waals surface area contributed by atoms with Crippen LogP contribution in [0.4, 0.5) is 0 Å². The number of guanidine groups is 1. The first kappa shape index (κ1) is 18.1. The number of hydrogen-bond acceptors (Lipinski definition) is 5. The molecule has 2 aromatic rings. The molecule has 1 aromatic carbocycles. The summed E-state index contributed by atoms with van der Waals surface area (Å²) < 4.78 is 0. The predicted molar refractivity (Wildman–Crippen MR) is 99.5 cm³/mol.